The highest BCUT2D eigenvalue weighted by Crippen LogP contribution is 2.20. The summed E-state index contributed by atoms with van der Waals surface area (Å²) < 4.78 is 64.4. The minimum atomic E-state index is -5.02. The second-order valence-corrected chi connectivity index (χ2v) is 7.21. The molecule has 118 valence electrons. The van der Waals surface area contributed by atoms with Gasteiger partial charge in [0.2, 0.25) is 10.0 Å². The van der Waals surface area contributed by atoms with Gasteiger partial charge in [-0.2, -0.15) is 12.7 Å². The van der Waals surface area contributed by atoms with Gasteiger partial charge in [0, 0.05) is 6.54 Å². The SMILES string of the molecule is CCN(CC(=O)OC)S(=O)(=O)c1cccc(S(=O)(=O)F)c1. The summed E-state index contributed by atoms with van der Waals surface area (Å²) in [6.45, 7) is 0.933. The summed E-state index contributed by atoms with van der Waals surface area (Å²) in [6, 6.07) is 3.85. The van der Waals surface area contributed by atoms with Crippen molar-refractivity contribution in [3.63, 3.8) is 0 Å². The van der Waals surface area contributed by atoms with Gasteiger partial charge in [0.1, 0.15) is 6.54 Å². The number of rotatable bonds is 6. The summed E-state index contributed by atoms with van der Waals surface area (Å²) in [7, 11) is -8.05. The third-order valence-electron chi connectivity index (χ3n) is 2.61. The second kappa shape index (κ2) is 6.50. The van der Waals surface area contributed by atoms with Crippen LogP contribution in [-0.4, -0.2) is 47.3 Å². The molecule has 0 fully saturated rings. The molecule has 0 aliphatic carbocycles. The summed E-state index contributed by atoms with van der Waals surface area (Å²) in [5.74, 6) is -0.769. The Hall–Kier alpha value is -1.52. The first-order valence-electron chi connectivity index (χ1n) is 5.74. The number of benzene rings is 1. The zero-order chi connectivity index (χ0) is 16.3. The molecule has 10 heteroatoms. The second-order valence-electron chi connectivity index (χ2n) is 3.92. The zero-order valence-electron chi connectivity index (χ0n) is 11.3. The fraction of sp³-hybridized carbons (Fsp3) is 0.364. The topological polar surface area (TPSA) is 97.8 Å². The van der Waals surface area contributed by atoms with E-state index in [1.165, 1.54) is 6.92 Å². The number of likely N-dealkylation sites (N-methyl/N-ethyl adjacent to an activating group) is 1. The molecule has 0 aliphatic heterocycles. The summed E-state index contributed by atoms with van der Waals surface area (Å²) in [6.07, 6.45) is 0. The minimum Gasteiger partial charge on any atom is -0.468 e. The minimum absolute atomic E-state index is 0.0377. The van der Waals surface area contributed by atoms with Crippen molar-refractivity contribution in [1.82, 2.24) is 4.31 Å². The van der Waals surface area contributed by atoms with E-state index in [9.17, 15) is 25.5 Å². The van der Waals surface area contributed by atoms with Crippen LogP contribution in [0.15, 0.2) is 34.1 Å². The molecular weight excluding hydrogens is 325 g/mol. The molecule has 0 saturated carbocycles. The van der Waals surface area contributed by atoms with Crippen molar-refractivity contribution < 1.29 is 30.3 Å². The Balaban J connectivity index is 3.26. The van der Waals surface area contributed by atoms with Crippen LogP contribution in [0.3, 0.4) is 0 Å². The van der Waals surface area contributed by atoms with E-state index in [0.717, 1.165) is 29.6 Å². The van der Waals surface area contributed by atoms with Crippen LogP contribution in [0, 0.1) is 0 Å². The average Bonchev–Trinajstić information content (AvgIpc) is 2.43. The zero-order valence-corrected chi connectivity index (χ0v) is 12.9. The Labute approximate surface area is 122 Å². The van der Waals surface area contributed by atoms with E-state index in [0.29, 0.717) is 6.07 Å². The molecule has 0 unspecified atom stereocenters. The van der Waals surface area contributed by atoms with Crippen LogP contribution in [0.2, 0.25) is 0 Å². The molecule has 0 radical (unpaired) electrons. The first-order chi connectivity index (χ1) is 9.62. The van der Waals surface area contributed by atoms with E-state index in [4.69, 9.17) is 0 Å². The van der Waals surface area contributed by atoms with E-state index < -0.39 is 42.6 Å². The van der Waals surface area contributed by atoms with Crippen molar-refractivity contribution in [2.75, 3.05) is 20.2 Å². The molecule has 0 amide bonds. The van der Waals surface area contributed by atoms with Gasteiger partial charge in [0.15, 0.2) is 0 Å². The molecule has 0 saturated heterocycles. The van der Waals surface area contributed by atoms with Gasteiger partial charge in [-0.15, -0.1) is 3.89 Å². The van der Waals surface area contributed by atoms with Crippen LogP contribution in [-0.2, 0) is 29.8 Å². The quantitative estimate of drug-likeness (QED) is 0.554. The molecule has 0 aliphatic rings. The van der Waals surface area contributed by atoms with Crippen molar-refractivity contribution in [3.05, 3.63) is 24.3 Å². The molecule has 0 spiro atoms. The highest BCUT2D eigenvalue weighted by molar-refractivity contribution is 7.89. The fourth-order valence-corrected chi connectivity index (χ4v) is 3.53. The predicted molar refractivity (Wildman–Crippen MR) is 71.2 cm³/mol. The first-order valence-corrected chi connectivity index (χ1v) is 8.57. The molecule has 0 atom stereocenters. The Morgan fingerprint density at radius 1 is 1.24 bits per heavy atom. The van der Waals surface area contributed by atoms with E-state index in [1.807, 2.05) is 0 Å². The lowest BCUT2D eigenvalue weighted by Crippen LogP contribution is -2.36. The van der Waals surface area contributed by atoms with E-state index >= 15 is 0 Å². The molecule has 0 heterocycles. The molecule has 7 nitrogen and oxygen atoms in total. The number of hydrogen-bond acceptors (Lipinski definition) is 6. The van der Waals surface area contributed by atoms with E-state index in [2.05, 4.69) is 4.74 Å². The maximum absolute atomic E-state index is 12.9. The Kier molecular flexibility index (Phi) is 5.42. The number of esters is 1. The van der Waals surface area contributed by atoms with Gasteiger partial charge in [-0.25, -0.2) is 8.42 Å². The van der Waals surface area contributed by atoms with Crippen molar-refractivity contribution in [2.45, 2.75) is 16.7 Å². The highest BCUT2D eigenvalue weighted by Gasteiger charge is 2.27. The third-order valence-corrected chi connectivity index (χ3v) is 5.34. The molecule has 0 aromatic heterocycles. The van der Waals surface area contributed by atoms with Gasteiger partial charge in [-0.3, -0.25) is 4.79 Å². The maximum atomic E-state index is 12.9. The number of hydrogen-bond donors (Lipinski definition) is 0. The van der Waals surface area contributed by atoms with Gasteiger partial charge >= 0.3 is 16.2 Å². The molecule has 21 heavy (non-hydrogen) atoms. The first kappa shape index (κ1) is 17.5. The van der Waals surface area contributed by atoms with Gasteiger partial charge in [0.25, 0.3) is 0 Å². The monoisotopic (exact) mass is 339 g/mol. The van der Waals surface area contributed by atoms with Crippen LogP contribution in [0.25, 0.3) is 0 Å². The van der Waals surface area contributed by atoms with Crippen LogP contribution in [0.5, 0.6) is 0 Å². The van der Waals surface area contributed by atoms with Crippen LogP contribution >= 0.6 is 0 Å². The van der Waals surface area contributed by atoms with Crippen molar-refractivity contribution >= 4 is 26.2 Å². The molecule has 1 rings (SSSR count). The van der Waals surface area contributed by atoms with Gasteiger partial charge in [-0.1, -0.05) is 13.0 Å². The smallest absolute Gasteiger partial charge is 0.332 e. The summed E-state index contributed by atoms with van der Waals surface area (Å²) in [4.78, 5) is 10.0. The maximum Gasteiger partial charge on any atom is 0.332 e. The molecular formula is C11H14FNO6S2. The van der Waals surface area contributed by atoms with Gasteiger partial charge in [-0.05, 0) is 18.2 Å². The van der Waals surface area contributed by atoms with Crippen LogP contribution in [0.4, 0.5) is 3.89 Å². The van der Waals surface area contributed by atoms with E-state index in [-0.39, 0.29) is 6.54 Å². The lowest BCUT2D eigenvalue weighted by Gasteiger charge is -2.19. The Bertz CT molecular complexity index is 729. The van der Waals surface area contributed by atoms with Crippen LogP contribution in [0.1, 0.15) is 6.92 Å². The molecule has 1 aromatic carbocycles. The average molecular weight is 339 g/mol. The number of nitrogens with zero attached hydrogens (tertiary/aromatic N) is 1. The Morgan fingerprint density at radius 2 is 1.81 bits per heavy atom. The van der Waals surface area contributed by atoms with Crippen molar-refractivity contribution in [3.8, 4) is 0 Å². The predicted octanol–water partition coefficient (Wildman–Crippen LogP) is 0.528. The van der Waals surface area contributed by atoms with Gasteiger partial charge in [0.05, 0.1) is 16.9 Å². The molecule has 0 bridgehead atoms. The largest absolute Gasteiger partial charge is 0.468 e. The number of methoxy groups -OCH3 is 1. The highest BCUT2D eigenvalue weighted by atomic mass is 32.3. The number of sulfonamides is 1. The van der Waals surface area contributed by atoms with E-state index in [1.54, 1.807) is 0 Å². The van der Waals surface area contributed by atoms with Gasteiger partial charge < -0.3 is 4.74 Å². The fourth-order valence-electron chi connectivity index (χ4n) is 1.51. The molecule has 0 N–H and O–H groups in total. The number of ether oxygens (including phenoxy) is 1. The van der Waals surface area contributed by atoms with Crippen molar-refractivity contribution in [1.29, 1.82) is 0 Å². The number of carbonyl (C=O) groups excluding carboxylic acids is 1. The number of carbonyl (C=O) groups is 1. The lowest BCUT2D eigenvalue weighted by atomic mass is 10.4. The molecule has 1 aromatic rings. The lowest BCUT2D eigenvalue weighted by molar-refractivity contribution is -0.140. The number of halogens is 1. The van der Waals surface area contributed by atoms with Crippen molar-refractivity contribution in [2.24, 2.45) is 0 Å². The van der Waals surface area contributed by atoms with Crippen LogP contribution < -0.4 is 0 Å². The Morgan fingerprint density at radius 3 is 2.29 bits per heavy atom. The third kappa shape index (κ3) is 4.22. The summed E-state index contributed by atoms with van der Waals surface area (Å²) in [5.41, 5.74) is 0. The normalized spacial score (nSPS) is 12.4. The standard InChI is InChI=1S/C11H14FNO6S2/c1-3-13(8-11(14)19-2)21(17,18)10-6-4-5-9(7-10)20(12,15)16/h4-7H,3,8H2,1-2H3. The summed E-state index contributed by atoms with van der Waals surface area (Å²) >= 11 is 0. The summed E-state index contributed by atoms with van der Waals surface area (Å²) in [5, 5.41) is 0.